The maximum absolute atomic E-state index is 12.3. The number of fused-ring (bicyclic) bond motifs is 1. The average Bonchev–Trinajstić information content (AvgIpc) is 3.22. The second-order valence-electron chi connectivity index (χ2n) is 8.51. The Hall–Kier alpha value is -2.87. The van der Waals surface area contributed by atoms with E-state index < -0.39 is 0 Å². The molecule has 4 rings (SSSR count). The minimum absolute atomic E-state index is 0.00338. The highest BCUT2D eigenvalue weighted by Gasteiger charge is 2.28. The fourth-order valence-corrected chi connectivity index (χ4v) is 4.30. The molecule has 1 saturated heterocycles. The number of amides is 1. The molecule has 1 fully saturated rings. The summed E-state index contributed by atoms with van der Waals surface area (Å²) in [5, 5.41) is 2.82. The van der Waals surface area contributed by atoms with E-state index in [1.165, 1.54) is 31.5 Å². The number of nitrogens with zero attached hydrogens (tertiary/aromatic N) is 4. The van der Waals surface area contributed by atoms with Crippen molar-refractivity contribution in [2.75, 3.05) is 35.6 Å². The molecule has 2 aliphatic rings. The van der Waals surface area contributed by atoms with E-state index in [0.717, 1.165) is 24.9 Å². The molecule has 1 aromatic carbocycles. The first kappa shape index (κ1) is 21.4. The molecule has 0 aliphatic carbocycles. The highest BCUT2D eigenvalue weighted by Crippen LogP contribution is 2.34. The van der Waals surface area contributed by atoms with Crippen molar-refractivity contribution in [3.05, 3.63) is 35.4 Å². The van der Waals surface area contributed by atoms with E-state index >= 15 is 0 Å². The molecule has 2 aliphatic heterocycles. The lowest BCUT2D eigenvalue weighted by Crippen LogP contribution is -2.39. The van der Waals surface area contributed by atoms with Gasteiger partial charge in [0, 0.05) is 13.1 Å². The van der Waals surface area contributed by atoms with Crippen LogP contribution in [0.1, 0.15) is 50.7 Å². The van der Waals surface area contributed by atoms with Crippen LogP contribution in [0.25, 0.3) is 0 Å². The maximum atomic E-state index is 12.3. The molecule has 8 nitrogen and oxygen atoms in total. The Labute approximate surface area is 183 Å². The SMILES string of the molecule is CCCC(C)Oc1nc(N)c2c(n1)N(Cc1cccc(CN3CCCC3)c1)CC(=O)N2. The van der Waals surface area contributed by atoms with Gasteiger partial charge in [-0.15, -0.1) is 0 Å². The van der Waals surface area contributed by atoms with Crippen LogP contribution in [-0.4, -0.2) is 46.5 Å². The Balaban J connectivity index is 1.55. The summed E-state index contributed by atoms with van der Waals surface area (Å²) in [4.78, 5) is 25.6. The molecule has 0 radical (unpaired) electrons. The first-order valence-electron chi connectivity index (χ1n) is 11.2. The zero-order valence-corrected chi connectivity index (χ0v) is 18.4. The summed E-state index contributed by atoms with van der Waals surface area (Å²) in [5.74, 6) is 0.712. The molecule has 3 heterocycles. The molecule has 0 bridgehead atoms. The number of nitrogens with two attached hydrogens (primary N) is 1. The quantitative estimate of drug-likeness (QED) is 0.672. The van der Waals surface area contributed by atoms with Crippen LogP contribution in [0.3, 0.4) is 0 Å². The monoisotopic (exact) mass is 424 g/mol. The molecule has 0 saturated carbocycles. The Morgan fingerprint density at radius 3 is 2.68 bits per heavy atom. The lowest BCUT2D eigenvalue weighted by atomic mass is 10.1. The third kappa shape index (κ3) is 5.25. The minimum atomic E-state index is -0.121. The van der Waals surface area contributed by atoms with Crippen LogP contribution in [0.2, 0.25) is 0 Å². The third-order valence-corrected chi connectivity index (χ3v) is 5.77. The van der Waals surface area contributed by atoms with Crippen molar-refractivity contribution >= 4 is 23.2 Å². The van der Waals surface area contributed by atoms with Crippen molar-refractivity contribution in [2.45, 2.75) is 58.7 Å². The van der Waals surface area contributed by atoms with E-state index in [1.54, 1.807) is 0 Å². The van der Waals surface area contributed by atoms with E-state index in [1.807, 2.05) is 11.8 Å². The summed E-state index contributed by atoms with van der Waals surface area (Å²) in [6.45, 7) is 8.18. The minimum Gasteiger partial charge on any atom is -0.460 e. The molecule has 1 unspecified atom stereocenters. The highest BCUT2D eigenvalue weighted by atomic mass is 16.5. The lowest BCUT2D eigenvalue weighted by molar-refractivity contribution is -0.115. The highest BCUT2D eigenvalue weighted by molar-refractivity contribution is 6.03. The number of carbonyl (C=O) groups excluding carboxylic acids is 1. The fraction of sp³-hybridized carbons (Fsp3) is 0.522. The topological polar surface area (TPSA) is 96.6 Å². The summed E-state index contributed by atoms with van der Waals surface area (Å²) < 4.78 is 5.87. The number of carbonyl (C=O) groups is 1. The Morgan fingerprint density at radius 2 is 1.94 bits per heavy atom. The van der Waals surface area contributed by atoms with Gasteiger partial charge >= 0.3 is 6.01 Å². The lowest BCUT2D eigenvalue weighted by Gasteiger charge is -2.30. The third-order valence-electron chi connectivity index (χ3n) is 5.77. The first-order valence-corrected chi connectivity index (χ1v) is 11.2. The summed E-state index contributed by atoms with van der Waals surface area (Å²) in [6, 6.07) is 8.81. The van der Waals surface area contributed by atoms with Gasteiger partial charge in [-0.3, -0.25) is 9.69 Å². The van der Waals surface area contributed by atoms with Crippen LogP contribution in [-0.2, 0) is 17.9 Å². The predicted octanol–water partition coefficient (Wildman–Crippen LogP) is 3.18. The molecule has 1 aromatic heterocycles. The van der Waals surface area contributed by atoms with Gasteiger partial charge in [-0.05, 0) is 50.4 Å². The van der Waals surface area contributed by atoms with Crippen LogP contribution < -0.4 is 20.7 Å². The van der Waals surface area contributed by atoms with E-state index in [-0.39, 0.29) is 30.4 Å². The molecule has 1 amide bonds. The molecular formula is C23H32N6O2. The molecule has 166 valence electrons. The molecule has 8 heteroatoms. The molecule has 0 spiro atoms. The van der Waals surface area contributed by atoms with Crippen molar-refractivity contribution in [1.29, 1.82) is 0 Å². The number of nitrogen functional groups attached to an aromatic ring is 1. The van der Waals surface area contributed by atoms with Crippen LogP contribution in [0.5, 0.6) is 6.01 Å². The van der Waals surface area contributed by atoms with Crippen LogP contribution >= 0.6 is 0 Å². The van der Waals surface area contributed by atoms with Crippen molar-refractivity contribution in [3.63, 3.8) is 0 Å². The van der Waals surface area contributed by atoms with E-state index in [0.29, 0.717) is 18.1 Å². The van der Waals surface area contributed by atoms with E-state index in [9.17, 15) is 4.79 Å². The number of aromatic nitrogens is 2. The molecule has 1 atom stereocenters. The zero-order chi connectivity index (χ0) is 21.8. The Kier molecular flexibility index (Phi) is 6.56. The van der Waals surface area contributed by atoms with Gasteiger partial charge in [0.05, 0.1) is 12.6 Å². The average molecular weight is 425 g/mol. The Bertz CT molecular complexity index is 928. The van der Waals surface area contributed by atoms with Crippen molar-refractivity contribution in [1.82, 2.24) is 14.9 Å². The summed E-state index contributed by atoms with van der Waals surface area (Å²) in [5.41, 5.74) is 9.03. The number of rotatable bonds is 8. The van der Waals surface area contributed by atoms with E-state index in [2.05, 4.69) is 51.4 Å². The van der Waals surface area contributed by atoms with Gasteiger partial charge < -0.3 is 20.7 Å². The smallest absolute Gasteiger partial charge is 0.320 e. The normalized spacial score (nSPS) is 17.4. The van der Waals surface area contributed by atoms with Crippen molar-refractivity contribution in [2.24, 2.45) is 0 Å². The molecular weight excluding hydrogens is 392 g/mol. The number of ether oxygens (including phenoxy) is 1. The largest absolute Gasteiger partial charge is 0.460 e. The number of hydrogen-bond donors (Lipinski definition) is 2. The van der Waals surface area contributed by atoms with Crippen molar-refractivity contribution in [3.8, 4) is 6.01 Å². The first-order chi connectivity index (χ1) is 15.0. The standard InChI is InChI=1S/C23H32N6O2/c1-3-7-16(2)31-23-26-21(24)20-22(27-23)29(15-19(30)25-20)14-18-9-6-8-17(12-18)13-28-10-4-5-11-28/h6,8-9,12,16H,3-5,7,10-11,13-15H2,1-2H3,(H,25,30)(H2,24,26,27). The van der Waals surface area contributed by atoms with Crippen LogP contribution in [0.4, 0.5) is 17.3 Å². The molecule has 3 N–H and O–H groups in total. The van der Waals surface area contributed by atoms with Gasteiger partial charge in [0.2, 0.25) is 5.91 Å². The summed E-state index contributed by atoms with van der Waals surface area (Å²) in [6.07, 6.45) is 4.47. The van der Waals surface area contributed by atoms with Gasteiger partial charge in [-0.25, -0.2) is 0 Å². The zero-order valence-electron chi connectivity index (χ0n) is 18.4. The summed E-state index contributed by atoms with van der Waals surface area (Å²) >= 11 is 0. The Morgan fingerprint density at radius 1 is 1.19 bits per heavy atom. The number of likely N-dealkylation sites (tertiary alicyclic amines) is 1. The van der Waals surface area contributed by atoms with Crippen LogP contribution in [0, 0.1) is 0 Å². The predicted molar refractivity (Wildman–Crippen MR) is 122 cm³/mol. The molecule has 31 heavy (non-hydrogen) atoms. The van der Waals surface area contributed by atoms with E-state index in [4.69, 9.17) is 10.5 Å². The van der Waals surface area contributed by atoms with Crippen molar-refractivity contribution < 1.29 is 9.53 Å². The van der Waals surface area contributed by atoms with Gasteiger partial charge in [0.25, 0.3) is 0 Å². The number of hydrogen-bond acceptors (Lipinski definition) is 7. The second-order valence-corrected chi connectivity index (χ2v) is 8.51. The number of benzene rings is 1. The van der Waals surface area contributed by atoms with Gasteiger partial charge in [0.1, 0.15) is 5.69 Å². The number of anilines is 3. The van der Waals surface area contributed by atoms with Gasteiger partial charge in [-0.1, -0.05) is 37.6 Å². The number of nitrogens with one attached hydrogen (secondary N) is 1. The van der Waals surface area contributed by atoms with Gasteiger partial charge in [0.15, 0.2) is 11.6 Å². The second kappa shape index (κ2) is 9.51. The molecule has 2 aromatic rings. The summed E-state index contributed by atoms with van der Waals surface area (Å²) in [7, 11) is 0. The maximum Gasteiger partial charge on any atom is 0.320 e. The van der Waals surface area contributed by atoms with Gasteiger partial charge in [-0.2, -0.15) is 9.97 Å². The fourth-order valence-electron chi connectivity index (χ4n) is 4.30. The van der Waals surface area contributed by atoms with Crippen LogP contribution in [0.15, 0.2) is 24.3 Å².